The van der Waals surface area contributed by atoms with Gasteiger partial charge in [-0.25, -0.2) is 8.42 Å². The van der Waals surface area contributed by atoms with Gasteiger partial charge in [0.1, 0.15) is 0 Å². The molecule has 0 radical (unpaired) electrons. The predicted octanol–water partition coefficient (Wildman–Crippen LogP) is 0.539. The average molecular weight is 393 g/mol. The van der Waals surface area contributed by atoms with Gasteiger partial charge in [-0.2, -0.15) is 4.72 Å². The van der Waals surface area contributed by atoms with Crippen molar-refractivity contribution in [3.63, 3.8) is 0 Å². The molecule has 8 nitrogen and oxygen atoms in total. The van der Waals surface area contributed by atoms with Gasteiger partial charge in [-0.3, -0.25) is 9.59 Å². The zero-order valence-corrected chi connectivity index (χ0v) is 16.3. The van der Waals surface area contributed by atoms with E-state index in [-0.39, 0.29) is 41.7 Å². The first-order valence-electron chi connectivity index (χ1n) is 7.45. The van der Waals surface area contributed by atoms with Crippen LogP contribution in [-0.2, 0) is 19.6 Å². The molecule has 1 rings (SSSR count). The van der Waals surface area contributed by atoms with E-state index in [1.807, 2.05) is 0 Å². The van der Waals surface area contributed by atoms with Crippen LogP contribution in [0.2, 0.25) is 0 Å². The van der Waals surface area contributed by atoms with Gasteiger partial charge >= 0.3 is 0 Å². The van der Waals surface area contributed by atoms with Gasteiger partial charge in [0.2, 0.25) is 21.8 Å². The lowest BCUT2D eigenvalue weighted by Gasteiger charge is -2.27. The van der Waals surface area contributed by atoms with Gasteiger partial charge in [0.05, 0.1) is 10.9 Å². The third-order valence-electron chi connectivity index (χ3n) is 3.54. The highest BCUT2D eigenvalue weighted by Crippen LogP contribution is 2.14. The maximum Gasteiger partial charge on any atom is 0.241 e. The lowest BCUT2D eigenvalue weighted by Crippen LogP contribution is -2.49. The molecule has 0 saturated heterocycles. The summed E-state index contributed by atoms with van der Waals surface area (Å²) in [6, 6.07) is 4.55. The minimum atomic E-state index is -3.86. The number of carbonyl (C=O) groups is 2. The van der Waals surface area contributed by atoms with E-state index in [0.717, 1.165) is 0 Å². The van der Waals surface area contributed by atoms with Crippen molar-refractivity contribution < 1.29 is 18.0 Å². The summed E-state index contributed by atoms with van der Waals surface area (Å²) in [7, 11) is -2.28. The lowest BCUT2D eigenvalue weighted by molar-refractivity contribution is -0.132. The highest BCUT2D eigenvalue weighted by molar-refractivity contribution is 7.89. The number of carbonyl (C=O) groups excluding carboxylic acids is 2. The van der Waals surface area contributed by atoms with Crippen molar-refractivity contribution in [2.45, 2.75) is 37.8 Å². The smallest absolute Gasteiger partial charge is 0.241 e. The first-order valence-corrected chi connectivity index (χ1v) is 8.93. The van der Waals surface area contributed by atoms with Crippen LogP contribution in [0.1, 0.15) is 20.8 Å². The third-order valence-corrected chi connectivity index (χ3v) is 5.09. The molecule has 2 unspecified atom stereocenters. The van der Waals surface area contributed by atoms with E-state index >= 15 is 0 Å². The Balaban J connectivity index is 0.00000576. The molecule has 142 valence electrons. The summed E-state index contributed by atoms with van der Waals surface area (Å²) in [5.41, 5.74) is 6.00. The number of hydrogen-bond donors (Lipinski definition) is 3. The Kier molecular flexibility index (Phi) is 9.06. The Hall–Kier alpha value is -1.68. The normalized spacial score (nSPS) is 13.3. The number of nitrogens with one attached hydrogen (secondary N) is 2. The molecule has 0 fully saturated rings. The molecule has 0 bridgehead atoms. The molecular weight excluding hydrogens is 368 g/mol. The molecule has 0 heterocycles. The number of benzene rings is 1. The van der Waals surface area contributed by atoms with Crippen molar-refractivity contribution >= 4 is 39.9 Å². The zero-order chi connectivity index (χ0) is 18.5. The Morgan fingerprint density at radius 2 is 1.72 bits per heavy atom. The van der Waals surface area contributed by atoms with E-state index in [1.54, 1.807) is 14.0 Å². The number of nitrogens with zero attached hydrogens (tertiary/aromatic N) is 1. The fraction of sp³-hybridized carbons (Fsp3) is 0.467. The minimum absolute atomic E-state index is 0. The SMILES string of the molecule is CC(=O)Nc1ccc(S(=O)(=O)NC(C)C(=O)N(C)C(C)CN)cc1.Cl. The van der Waals surface area contributed by atoms with Crippen molar-refractivity contribution in [3.8, 4) is 0 Å². The molecular formula is C15H25ClN4O4S. The van der Waals surface area contributed by atoms with Gasteiger partial charge in [0.15, 0.2) is 0 Å². The number of amides is 2. The highest BCUT2D eigenvalue weighted by Gasteiger charge is 2.26. The largest absolute Gasteiger partial charge is 0.340 e. The van der Waals surface area contributed by atoms with E-state index < -0.39 is 16.1 Å². The van der Waals surface area contributed by atoms with Crippen LogP contribution in [0.15, 0.2) is 29.2 Å². The summed E-state index contributed by atoms with van der Waals surface area (Å²) in [4.78, 5) is 24.6. The summed E-state index contributed by atoms with van der Waals surface area (Å²) in [5, 5.41) is 2.55. The number of hydrogen-bond acceptors (Lipinski definition) is 5. The van der Waals surface area contributed by atoms with E-state index in [1.165, 1.54) is 43.0 Å². The van der Waals surface area contributed by atoms with Crippen LogP contribution in [0.3, 0.4) is 0 Å². The second kappa shape index (κ2) is 9.71. The predicted molar refractivity (Wildman–Crippen MR) is 99.1 cm³/mol. The van der Waals surface area contributed by atoms with Crippen LogP contribution in [0, 0.1) is 0 Å². The van der Waals surface area contributed by atoms with Gasteiger partial charge in [-0.05, 0) is 38.1 Å². The van der Waals surface area contributed by atoms with E-state index in [4.69, 9.17) is 5.73 Å². The summed E-state index contributed by atoms with van der Waals surface area (Å²) in [5.74, 6) is -0.619. The molecule has 10 heteroatoms. The van der Waals surface area contributed by atoms with Gasteiger partial charge in [0.25, 0.3) is 0 Å². The summed E-state index contributed by atoms with van der Waals surface area (Å²) in [6.45, 7) is 4.90. The van der Waals surface area contributed by atoms with Crippen LogP contribution in [0.4, 0.5) is 5.69 Å². The fourth-order valence-electron chi connectivity index (χ4n) is 1.95. The van der Waals surface area contributed by atoms with Crippen molar-refractivity contribution in [1.82, 2.24) is 9.62 Å². The molecule has 4 N–H and O–H groups in total. The highest BCUT2D eigenvalue weighted by atomic mass is 35.5. The van der Waals surface area contributed by atoms with Gasteiger partial charge in [0, 0.05) is 32.2 Å². The summed E-state index contributed by atoms with van der Waals surface area (Å²) < 4.78 is 27.0. The molecule has 0 aliphatic heterocycles. The number of sulfonamides is 1. The van der Waals surface area contributed by atoms with Crippen molar-refractivity contribution in [1.29, 1.82) is 0 Å². The molecule has 0 aliphatic rings. The second-order valence-corrected chi connectivity index (χ2v) is 7.30. The molecule has 2 amide bonds. The zero-order valence-electron chi connectivity index (χ0n) is 14.6. The third kappa shape index (κ3) is 6.62. The minimum Gasteiger partial charge on any atom is -0.340 e. The summed E-state index contributed by atoms with van der Waals surface area (Å²) >= 11 is 0. The molecule has 2 atom stereocenters. The Labute approximate surface area is 154 Å². The fourth-order valence-corrected chi connectivity index (χ4v) is 3.15. The molecule has 25 heavy (non-hydrogen) atoms. The van der Waals surface area contributed by atoms with Crippen LogP contribution in [-0.4, -0.2) is 50.8 Å². The van der Waals surface area contributed by atoms with Crippen molar-refractivity contribution in [2.75, 3.05) is 18.9 Å². The standard InChI is InChI=1S/C15H24N4O4S.ClH/c1-10(9-16)19(4)15(21)11(2)18-24(22,23)14-7-5-13(6-8-14)17-12(3)20;/h5-8,10-11,18H,9,16H2,1-4H3,(H,17,20);1H. The van der Waals surface area contributed by atoms with E-state index in [2.05, 4.69) is 10.0 Å². The lowest BCUT2D eigenvalue weighted by atomic mass is 10.2. The van der Waals surface area contributed by atoms with Crippen LogP contribution in [0.25, 0.3) is 0 Å². The quantitative estimate of drug-likeness (QED) is 0.625. The van der Waals surface area contributed by atoms with Crippen LogP contribution < -0.4 is 15.8 Å². The Morgan fingerprint density at radius 1 is 1.20 bits per heavy atom. The number of rotatable bonds is 7. The number of likely N-dealkylation sites (N-methyl/N-ethyl adjacent to an activating group) is 1. The monoisotopic (exact) mass is 392 g/mol. The van der Waals surface area contributed by atoms with Gasteiger partial charge in [-0.1, -0.05) is 0 Å². The van der Waals surface area contributed by atoms with Crippen molar-refractivity contribution in [3.05, 3.63) is 24.3 Å². The van der Waals surface area contributed by atoms with Crippen LogP contribution in [0.5, 0.6) is 0 Å². The number of nitrogens with two attached hydrogens (primary N) is 1. The van der Waals surface area contributed by atoms with Gasteiger partial charge < -0.3 is 16.0 Å². The average Bonchev–Trinajstić information content (AvgIpc) is 2.52. The van der Waals surface area contributed by atoms with E-state index in [9.17, 15) is 18.0 Å². The van der Waals surface area contributed by atoms with Crippen LogP contribution >= 0.6 is 12.4 Å². The Morgan fingerprint density at radius 3 is 2.16 bits per heavy atom. The second-order valence-electron chi connectivity index (χ2n) is 5.58. The topological polar surface area (TPSA) is 122 Å². The number of anilines is 1. The molecule has 0 aliphatic carbocycles. The van der Waals surface area contributed by atoms with Gasteiger partial charge in [-0.15, -0.1) is 12.4 Å². The molecule has 1 aromatic rings. The first kappa shape index (κ1) is 23.3. The molecule has 1 aromatic carbocycles. The van der Waals surface area contributed by atoms with Crippen molar-refractivity contribution in [2.24, 2.45) is 5.73 Å². The Bertz CT molecular complexity index is 694. The summed E-state index contributed by atoms with van der Waals surface area (Å²) in [6.07, 6.45) is 0. The molecule has 0 saturated carbocycles. The molecule has 0 aromatic heterocycles. The maximum absolute atomic E-state index is 12.3. The molecule has 0 spiro atoms. The number of halogens is 1. The maximum atomic E-state index is 12.3. The first-order chi connectivity index (χ1) is 11.1. The van der Waals surface area contributed by atoms with E-state index in [0.29, 0.717) is 5.69 Å².